The fourth-order valence-corrected chi connectivity index (χ4v) is 3.27. The van der Waals surface area contributed by atoms with Crippen LogP contribution in [0.25, 0.3) is 0 Å². The molecule has 0 bridgehead atoms. The van der Waals surface area contributed by atoms with Gasteiger partial charge in [0.2, 0.25) is 11.8 Å². The molecule has 0 aliphatic carbocycles. The van der Waals surface area contributed by atoms with Crippen molar-refractivity contribution in [2.75, 3.05) is 6.54 Å². The normalized spacial score (nSPS) is 16.1. The van der Waals surface area contributed by atoms with Gasteiger partial charge < -0.3 is 14.7 Å². The van der Waals surface area contributed by atoms with Crippen molar-refractivity contribution in [3.63, 3.8) is 0 Å². The number of hydrogen-bond donors (Lipinski definition) is 1. The molecule has 3 aromatic rings. The van der Waals surface area contributed by atoms with Gasteiger partial charge in [0, 0.05) is 31.0 Å². The zero-order valence-corrected chi connectivity index (χ0v) is 15.8. The van der Waals surface area contributed by atoms with Crippen molar-refractivity contribution in [3.8, 4) is 0 Å². The SMILES string of the molecule is O=C(NCc1nc(C2CC(=O)N(Cc3ccc(F)cc3)C2)no1)c1ccc(F)cc1. The largest absolute Gasteiger partial charge is 0.343 e. The molecule has 7 nitrogen and oxygen atoms in total. The van der Waals surface area contributed by atoms with Crippen LogP contribution in [-0.4, -0.2) is 33.4 Å². The molecule has 2 aromatic carbocycles. The number of amides is 2. The number of nitrogens with one attached hydrogen (secondary N) is 1. The van der Waals surface area contributed by atoms with E-state index in [2.05, 4.69) is 15.5 Å². The molecule has 0 radical (unpaired) electrons. The lowest BCUT2D eigenvalue weighted by molar-refractivity contribution is -0.128. The molecule has 2 heterocycles. The molecule has 9 heteroatoms. The second-order valence-corrected chi connectivity index (χ2v) is 7.04. The number of hydrogen-bond acceptors (Lipinski definition) is 5. The second kappa shape index (κ2) is 8.40. The van der Waals surface area contributed by atoms with Crippen LogP contribution in [0.3, 0.4) is 0 Å². The highest BCUT2D eigenvalue weighted by Crippen LogP contribution is 2.27. The number of carbonyl (C=O) groups excluding carboxylic acids is 2. The Hall–Kier alpha value is -3.62. The average Bonchev–Trinajstić information content (AvgIpc) is 3.35. The van der Waals surface area contributed by atoms with Crippen LogP contribution in [0.5, 0.6) is 0 Å². The highest BCUT2D eigenvalue weighted by atomic mass is 19.1. The molecule has 0 saturated carbocycles. The van der Waals surface area contributed by atoms with Gasteiger partial charge in [0.25, 0.3) is 5.91 Å². The molecule has 154 valence electrons. The maximum Gasteiger partial charge on any atom is 0.251 e. The summed E-state index contributed by atoms with van der Waals surface area (Å²) < 4.78 is 31.2. The van der Waals surface area contributed by atoms with E-state index >= 15 is 0 Å². The molecule has 1 aliphatic heterocycles. The lowest BCUT2D eigenvalue weighted by Crippen LogP contribution is -2.24. The van der Waals surface area contributed by atoms with E-state index in [1.54, 1.807) is 17.0 Å². The summed E-state index contributed by atoms with van der Waals surface area (Å²) in [6, 6.07) is 11.2. The van der Waals surface area contributed by atoms with Crippen molar-refractivity contribution in [1.29, 1.82) is 0 Å². The van der Waals surface area contributed by atoms with Crippen LogP contribution >= 0.6 is 0 Å². The first-order valence-corrected chi connectivity index (χ1v) is 9.36. The van der Waals surface area contributed by atoms with Gasteiger partial charge in [0.1, 0.15) is 11.6 Å². The zero-order chi connectivity index (χ0) is 21.1. The van der Waals surface area contributed by atoms with Gasteiger partial charge in [0.05, 0.1) is 6.54 Å². The fraction of sp³-hybridized carbons (Fsp3) is 0.238. The minimum Gasteiger partial charge on any atom is -0.343 e. The van der Waals surface area contributed by atoms with Crippen molar-refractivity contribution in [2.45, 2.75) is 25.4 Å². The molecule has 4 rings (SSSR count). The summed E-state index contributed by atoms with van der Waals surface area (Å²) in [5, 5.41) is 6.56. The summed E-state index contributed by atoms with van der Waals surface area (Å²) >= 11 is 0. The van der Waals surface area contributed by atoms with E-state index in [-0.39, 0.29) is 36.5 Å². The maximum absolute atomic E-state index is 13.0. The first-order chi connectivity index (χ1) is 14.5. The van der Waals surface area contributed by atoms with Crippen molar-refractivity contribution < 1.29 is 22.9 Å². The van der Waals surface area contributed by atoms with E-state index in [0.717, 1.165) is 5.56 Å². The summed E-state index contributed by atoms with van der Waals surface area (Å²) in [4.78, 5) is 30.3. The van der Waals surface area contributed by atoms with Crippen molar-refractivity contribution in [2.24, 2.45) is 0 Å². The Bertz CT molecular complexity index is 1050. The van der Waals surface area contributed by atoms with Crippen LogP contribution in [0.15, 0.2) is 53.1 Å². The van der Waals surface area contributed by atoms with Gasteiger partial charge in [-0.15, -0.1) is 0 Å². The summed E-state index contributed by atoms with van der Waals surface area (Å²) in [6.45, 7) is 0.828. The molecule has 1 aliphatic rings. The maximum atomic E-state index is 13.0. The van der Waals surface area contributed by atoms with Crippen LogP contribution in [0.1, 0.15) is 40.0 Å². The van der Waals surface area contributed by atoms with Gasteiger partial charge in [-0.05, 0) is 42.0 Å². The standard InChI is InChI=1S/C21H18F2N4O3/c22-16-5-1-13(2-6-16)11-27-12-15(9-19(27)28)20-25-18(30-26-20)10-24-21(29)14-3-7-17(23)8-4-14/h1-8,15H,9-12H2,(H,24,29). The Morgan fingerprint density at radius 2 is 1.77 bits per heavy atom. The van der Waals surface area contributed by atoms with Gasteiger partial charge in [0.15, 0.2) is 5.82 Å². The number of carbonyl (C=O) groups is 2. The topological polar surface area (TPSA) is 88.3 Å². The van der Waals surface area contributed by atoms with E-state index in [0.29, 0.717) is 24.5 Å². The third-order valence-electron chi connectivity index (χ3n) is 4.86. The highest BCUT2D eigenvalue weighted by molar-refractivity contribution is 5.94. The van der Waals surface area contributed by atoms with Crippen molar-refractivity contribution in [1.82, 2.24) is 20.4 Å². The van der Waals surface area contributed by atoms with Crippen LogP contribution in [0.4, 0.5) is 8.78 Å². The highest BCUT2D eigenvalue weighted by Gasteiger charge is 2.33. The van der Waals surface area contributed by atoms with E-state index in [9.17, 15) is 18.4 Å². The molecule has 1 N–H and O–H groups in total. The molecular weight excluding hydrogens is 394 g/mol. The first-order valence-electron chi connectivity index (χ1n) is 9.36. The Balaban J connectivity index is 1.33. The molecule has 1 unspecified atom stereocenters. The van der Waals surface area contributed by atoms with Crippen LogP contribution in [-0.2, 0) is 17.9 Å². The van der Waals surface area contributed by atoms with Gasteiger partial charge in [-0.3, -0.25) is 9.59 Å². The van der Waals surface area contributed by atoms with E-state index in [1.807, 2.05) is 0 Å². The number of aromatic nitrogens is 2. The van der Waals surface area contributed by atoms with Gasteiger partial charge >= 0.3 is 0 Å². The molecule has 1 fully saturated rings. The van der Waals surface area contributed by atoms with Crippen LogP contribution in [0, 0.1) is 11.6 Å². The Kier molecular flexibility index (Phi) is 5.51. The average molecular weight is 412 g/mol. The molecule has 1 aromatic heterocycles. The summed E-state index contributed by atoms with van der Waals surface area (Å²) in [5.41, 5.74) is 1.15. The lowest BCUT2D eigenvalue weighted by atomic mass is 10.1. The summed E-state index contributed by atoms with van der Waals surface area (Å²) in [5.74, 6) is -0.788. The minimum absolute atomic E-state index is 0.0170. The van der Waals surface area contributed by atoms with Gasteiger partial charge in [-0.2, -0.15) is 4.98 Å². The number of likely N-dealkylation sites (tertiary alicyclic amines) is 1. The van der Waals surface area contributed by atoms with Crippen molar-refractivity contribution >= 4 is 11.8 Å². The Morgan fingerprint density at radius 1 is 1.10 bits per heavy atom. The molecule has 1 atom stereocenters. The lowest BCUT2D eigenvalue weighted by Gasteiger charge is -2.16. The number of nitrogens with zero attached hydrogens (tertiary/aromatic N) is 3. The monoisotopic (exact) mass is 412 g/mol. The molecule has 30 heavy (non-hydrogen) atoms. The van der Waals surface area contributed by atoms with Crippen LogP contribution < -0.4 is 5.32 Å². The number of rotatable bonds is 6. The number of benzene rings is 2. The molecule has 2 amide bonds. The first kappa shape index (κ1) is 19.7. The predicted molar refractivity (Wildman–Crippen MR) is 101 cm³/mol. The fourth-order valence-electron chi connectivity index (χ4n) is 3.27. The van der Waals surface area contributed by atoms with Crippen molar-refractivity contribution in [3.05, 3.63) is 83.0 Å². The van der Waals surface area contributed by atoms with Gasteiger partial charge in [-0.1, -0.05) is 17.3 Å². The molecular formula is C21H18F2N4O3. The number of halogens is 2. The van der Waals surface area contributed by atoms with Gasteiger partial charge in [-0.25, -0.2) is 8.78 Å². The predicted octanol–water partition coefficient (Wildman–Crippen LogP) is 2.79. The smallest absolute Gasteiger partial charge is 0.251 e. The van der Waals surface area contributed by atoms with E-state index in [4.69, 9.17) is 4.52 Å². The third kappa shape index (κ3) is 4.51. The third-order valence-corrected chi connectivity index (χ3v) is 4.86. The van der Waals surface area contributed by atoms with E-state index in [1.165, 1.54) is 36.4 Å². The summed E-state index contributed by atoms with van der Waals surface area (Å²) in [6.07, 6.45) is 0.252. The quantitative estimate of drug-likeness (QED) is 0.673. The van der Waals surface area contributed by atoms with E-state index < -0.39 is 11.7 Å². The molecule has 1 saturated heterocycles. The summed E-state index contributed by atoms with van der Waals surface area (Å²) in [7, 11) is 0. The Morgan fingerprint density at radius 3 is 2.47 bits per heavy atom. The van der Waals surface area contributed by atoms with Crippen LogP contribution in [0.2, 0.25) is 0 Å². The molecule has 0 spiro atoms. The minimum atomic E-state index is -0.423. The Labute approximate surface area is 170 Å². The second-order valence-electron chi connectivity index (χ2n) is 7.04. The zero-order valence-electron chi connectivity index (χ0n) is 15.8.